The van der Waals surface area contributed by atoms with Crippen molar-refractivity contribution in [3.05, 3.63) is 65.2 Å². The van der Waals surface area contributed by atoms with E-state index in [2.05, 4.69) is 17.4 Å². The minimum atomic E-state index is -0.0672. The van der Waals surface area contributed by atoms with Crippen molar-refractivity contribution in [3.63, 3.8) is 0 Å². The van der Waals surface area contributed by atoms with Crippen LogP contribution in [0.5, 0.6) is 0 Å². The maximum absolute atomic E-state index is 12.5. The van der Waals surface area contributed by atoms with Crippen molar-refractivity contribution in [3.8, 4) is 0 Å². The molecule has 1 N–H and O–H groups in total. The number of rotatable bonds is 6. The number of hydrogen-bond acceptors (Lipinski definition) is 3. The van der Waals surface area contributed by atoms with E-state index in [1.807, 2.05) is 30.5 Å². The third-order valence-corrected chi connectivity index (χ3v) is 4.41. The third kappa shape index (κ3) is 5.13. The van der Waals surface area contributed by atoms with Crippen LogP contribution in [0.15, 0.2) is 53.4 Å². The van der Waals surface area contributed by atoms with Gasteiger partial charge in [-0.05, 0) is 41.6 Å². The summed E-state index contributed by atoms with van der Waals surface area (Å²) in [7, 11) is 1.80. The Bertz CT molecular complexity index is 696. The first-order valence-electron chi connectivity index (χ1n) is 7.71. The van der Waals surface area contributed by atoms with Crippen molar-refractivity contribution in [1.29, 1.82) is 0 Å². The van der Waals surface area contributed by atoms with E-state index >= 15 is 0 Å². The molecule has 0 aliphatic heterocycles. The summed E-state index contributed by atoms with van der Waals surface area (Å²) in [6, 6.07) is 15.6. The van der Waals surface area contributed by atoms with Crippen LogP contribution in [-0.2, 0) is 17.9 Å². The van der Waals surface area contributed by atoms with Gasteiger partial charge in [-0.2, -0.15) is 0 Å². The Morgan fingerprint density at radius 3 is 2.12 bits per heavy atom. The zero-order chi connectivity index (χ0) is 17.5. The number of nitrogens with one attached hydrogen (secondary N) is 1. The van der Waals surface area contributed by atoms with Crippen LogP contribution < -0.4 is 5.32 Å². The van der Waals surface area contributed by atoms with Crippen molar-refractivity contribution in [1.82, 2.24) is 10.2 Å². The first-order chi connectivity index (χ1) is 11.5. The molecule has 0 radical (unpaired) electrons. The number of amides is 2. The Balaban J connectivity index is 1.97. The Labute approximate surface area is 147 Å². The van der Waals surface area contributed by atoms with Crippen molar-refractivity contribution in [2.75, 3.05) is 13.3 Å². The van der Waals surface area contributed by atoms with E-state index in [-0.39, 0.29) is 11.8 Å². The van der Waals surface area contributed by atoms with E-state index in [0.717, 1.165) is 11.1 Å². The van der Waals surface area contributed by atoms with Gasteiger partial charge in [-0.1, -0.05) is 24.3 Å². The molecule has 0 saturated heterocycles. The summed E-state index contributed by atoms with van der Waals surface area (Å²) in [6.45, 7) is 2.53. The molecule has 0 aliphatic rings. The largest absolute Gasteiger partial charge is 0.352 e. The predicted octanol–water partition coefficient (Wildman–Crippen LogP) is 3.32. The van der Waals surface area contributed by atoms with Gasteiger partial charge in [0.1, 0.15) is 0 Å². The highest BCUT2D eigenvalue weighted by Crippen LogP contribution is 2.16. The SMILES string of the molecule is CSc1ccc(CN(C)C(=O)c2ccc(CNC(C)=O)cc2)cc1. The summed E-state index contributed by atoms with van der Waals surface area (Å²) < 4.78 is 0. The topological polar surface area (TPSA) is 49.4 Å². The molecule has 5 heteroatoms. The van der Waals surface area contributed by atoms with Crippen LogP contribution in [0.2, 0.25) is 0 Å². The van der Waals surface area contributed by atoms with Gasteiger partial charge in [0.15, 0.2) is 0 Å². The molecular weight excluding hydrogens is 320 g/mol. The van der Waals surface area contributed by atoms with Crippen molar-refractivity contribution < 1.29 is 9.59 Å². The van der Waals surface area contributed by atoms with Gasteiger partial charge >= 0.3 is 0 Å². The van der Waals surface area contributed by atoms with Gasteiger partial charge in [0.25, 0.3) is 5.91 Å². The quantitative estimate of drug-likeness (QED) is 0.819. The predicted molar refractivity (Wildman–Crippen MR) is 98.0 cm³/mol. The first-order valence-corrected chi connectivity index (χ1v) is 8.94. The monoisotopic (exact) mass is 342 g/mol. The second kappa shape index (κ2) is 8.55. The van der Waals surface area contributed by atoms with Crippen LogP contribution in [0.3, 0.4) is 0 Å². The number of thioether (sulfide) groups is 1. The highest BCUT2D eigenvalue weighted by atomic mass is 32.2. The van der Waals surface area contributed by atoms with E-state index in [0.29, 0.717) is 18.7 Å². The summed E-state index contributed by atoms with van der Waals surface area (Å²) in [5.41, 5.74) is 2.72. The maximum atomic E-state index is 12.5. The second-order valence-electron chi connectivity index (χ2n) is 5.62. The minimum absolute atomic E-state index is 0.0185. The van der Waals surface area contributed by atoms with Crippen LogP contribution in [0.25, 0.3) is 0 Å². The number of carbonyl (C=O) groups is 2. The van der Waals surface area contributed by atoms with Crippen molar-refractivity contribution in [2.45, 2.75) is 24.9 Å². The normalized spacial score (nSPS) is 10.3. The van der Waals surface area contributed by atoms with Crippen LogP contribution >= 0.6 is 11.8 Å². The Kier molecular flexibility index (Phi) is 6.44. The molecule has 0 fully saturated rings. The number of nitrogens with zero attached hydrogens (tertiary/aromatic N) is 1. The highest BCUT2D eigenvalue weighted by molar-refractivity contribution is 7.98. The van der Waals surface area contributed by atoms with Crippen molar-refractivity contribution in [2.24, 2.45) is 0 Å². The standard InChI is InChI=1S/C19H22N2O2S/c1-14(22)20-12-15-4-8-17(9-5-15)19(23)21(2)13-16-6-10-18(24-3)11-7-16/h4-11H,12-13H2,1-3H3,(H,20,22). The lowest BCUT2D eigenvalue weighted by Crippen LogP contribution is -2.26. The summed E-state index contributed by atoms with van der Waals surface area (Å²) in [5.74, 6) is -0.0857. The molecule has 4 nitrogen and oxygen atoms in total. The number of benzene rings is 2. The lowest BCUT2D eigenvalue weighted by molar-refractivity contribution is -0.119. The van der Waals surface area contributed by atoms with Gasteiger partial charge in [-0.3, -0.25) is 9.59 Å². The molecule has 0 saturated carbocycles. The Hall–Kier alpha value is -2.27. The molecule has 0 spiro atoms. The van der Waals surface area contributed by atoms with Crippen LogP contribution in [0, 0.1) is 0 Å². The lowest BCUT2D eigenvalue weighted by atomic mass is 10.1. The molecule has 2 aromatic rings. The van der Waals surface area contributed by atoms with E-state index in [1.165, 1.54) is 11.8 Å². The van der Waals surface area contributed by atoms with Crippen LogP contribution in [0.4, 0.5) is 0 Å². The fourth-order valence-electron chi connectivity index (χ4n) is 2.29. The van der Waals surface area contributed by atoms with Gasteiger partial charge in [-0.15, -0.1) is 11.8 Å². The number of carbonyl (C=O) groups excluding carboxylic acids is 2. The van der Waals surface area contributed by atoms with Crippen molar-refractivity contribution >= 4 is 23.6 Å². The minimum Gasteiger partial charge on any atom is -0.352 e. The van der Waals surface area contributed by atoms with Gasteiger partial charge < -0.3 is 10.2 Å². The Morgan fingerprint density at radius 2 is 1.58 bits per heavy atom. The molecule has 0 bridgehead atoms. The molecule has 126 valence electrons. The summed E-state index contributed by atoms with van der Waals surface area (Å²) in [4.78, 5) is 26.3. The molecule has 0 atom stereocenters. The molecule has 0 unspecified atom stereocenters. The summed E-state index contributed by atoms with van der Waals surface area (Å²) in [5, 5.41) is 2.74. The molecule has 0 heterocycles. The lowest BCUT2D eigenvalue weighted by Gasteiger charge is -2.18. The van der Waals surface area contributed by atoms with E-state index in [1.54, 1.807) is 35.8 Å². The number of hydrogen-bond donors (Lipinski definition) is 1. The van der Waals surface area contributed by atoms with E-state index in [4.69, 9.17) is 0 Å². The van der Waals surface area contributed by atoms with Gasteiger partial charge in [0.2, 0.25) is 5.91 Å². The average molecular weight is 342 g/mol. The fourth-order valence-corrected chi connectivity index (χ4v) is 2.70. The third-order valence-electron chi connectivity index (χ3n) is 3.67. The molecule has 0 aromatic heterocycles. The molecule has 2 rings (SSSR count). The zero-order valence-electron chi connectivity index (χ0n) is 14.2. The molecule has 2 amide bonds. The second-order valence-corrected chi connectivity index (χ2v) is 6.50. The van der Waals surface area contributed by atoms with E-state index < -0.39 is 0 Å². The summed E-state index contributed by atoms with van der Waals surface area (Å²) >= 11 is 1.70. The van der Waals surface area contributed by atoms with Gasteiger partial charge in [-0.25, -0.2) is 0 Å². The maximum Gasteiger partial charge on any atom is 0.253 e. The average Bonchev–Trinajstić information content (AvgIpc) is 2.60. The van der Waals surface area contributed by atoms with Gasteiger partial charge in [0, 0.05) is 37.5 Å². The van der Waals surface area contributed by atoms with Gasteiger partial charge in [0.05, 0.1) is 0 Å². The molecular formula is C19H22N2O2S. The highest BCUT2D eigenvalue weighted by Gasteiger charge is 2.12. The summed E-state index contributed by atoms with van der Waals surface area (Å²) in [6.07, 6.45) is 2.04. The van der Waals surface area contributed by atoms with Crippen LogP contribution in [-0.4, -0.2) is 30.0 Å². The van der Waals surface area contributed by atoms with Crippen LogP contribution in [0.1, 0.15) is 28.4 Å². The Morgan fingerprint density at radius 1 is 1.00 bits per heavy atom. The zero-order valence-corrected chi connectivity index (χ0v) is 15.0. The molecule has 2 aromatic carbocycles. The van der Waals surface area contributed by atoms with E-state index in [9.17, 15) is 9.59 Å². The molecule has 24 heavy (non-hydrogen) atoms. The molecule has 0 aliphatic carbocycles. The smallest absolute Gasteiger partial charge is 0.253 e. The fraction of sp³-hybridized carbons (Fsp3) is 0.263. The first kappa shape index (κ1) is 18.1.